The molecule has 1 aliphatic heterocycles. The highest BCUT2D eigenvalue weighted by atomic mass is 35.5. The largest absolute Gasteiger partial charge is 0.465 e. The van der Waals surface area contributed by atoms with Crippen LogP contribution in [0.2, 0.25) is 10.0 Å². The zero-order valence-corrected chi connectivity index (χ0v) is 20.0. The van der Waals surface area contributed by atoms with Crippen molar-refractivity contribution in [3.8, 4) is 11.3 Å². The van der Waals surface area contributed by atoms with Gasteiger partial charge in [0.05, 0.1) is 22.7 Å². The van der Waals surface area contributed by atoms with E-state index in [9.17, 15) is 4.79 Å². The molecule has 1 saturated heterocycles. The standard InChI is InChI=1S/C26H26Cl2N2O3/c1-32-26(31)18-4-2-5-19(15-18)30-12-10-16(11-13-30)14-20-24(29-33-25(20)17-8-9-17)23-21(27)6-3-7-22(23)28/h2-7,15-17H,8-14H2,1H3. The second-order valence-corrected chi connectivity index (χ2v) is 9.74. The molecule has 0 amide bonds. The molecule has 0 unspecified atom stereocenters. The highest BCUT2D eigenvalue weighted by Crippen LogP contribution is 2.47. The number of hydrogen-bond acceptors (Lipinski definition) is 5. The number of benzene rings is 2. The number of rotatable bonds is 6. The van der Waals surface area contributed by atoms with Crippen LogP contribution >= 0.6 is 23.2 Å². The number of anilines is 1. The quantitative estimate of drug-likeness (QED) is 0.361. The number of carbonyl (C=O) groups is 1. The number of ether oxygens (including phenoxy) is 1. The molecule has 2 aromatic carbocycles. The van der Waals surface area contributed by atoms with Gasteiger partial charge in [-0.1, -0.05) is 40.5 Å². The summed E-state index contributed by atoms with van der Waals surface area (Å²) in [7, 11) is 1.41. The Kier molecular flexibility index (Phi) is 6.35. The number of piperidine rings is 1. The molecule has 1 aliphatic carbocycles. The zero-order valence-electron chi connectivity index (χ0n) is 18.5. The molecule has 2 aliphatic rings. The average molecular weight is 485 g/mol. The summed E-state index contributed by atoms with van der Waals surface area (Å²) in [6.45, 7) is 1.86. The van der Waals surface area contributed by atoms with Crippen molar-refractivity contribution in [2.75, 3.05) is 25.1 Å². The lowest BCUT2D eigenvalue weighted by Crippen LogP contribution is -2.34. The van der Waals surface area contributed by atoms with Crippen LogP contribution in [0.3, 0.4) is 0 Å². The third kappa shape index (κ3) is 4.62. The number of hydrogen-bond donors (Lipinski definition) is 0. The molecule has 172 valence electrons. The Labute approximate surface area is 203 Å². The van der Waals surface area contributed by atoms with Crippen LogP contribution in [0.4, 0.5) is 5.69 Å². The lowest BCUT2D eigenvalue weighted by Gasteiger charge is -2.34. The van der Waals surface area contributed by atoms with E-state index < -0.39 is 0 Å². The van der Waals surface area contributed by atoms with E-state index >= 15 is 0 Å². The Morgan fingerprint density at radius 2 is 1.79 bits per heavy atom. The molecular weight excluding hydrogens is 459 g/mol. The predicted molar refractivity (Wildman–Crippen MR) is 130 cm³/mol. The van der Waals surface area contributed by atoms with Gasteiger partial charge in [0.1, 0.15) is 11.5 Å². The van der Waals surface area contributed by atoms with Gasteiger partial charge in [-0.3, -0.25) is 0 Å². The first-order chi connectivity index (χ1) is 16.0. The predicted octanol–water partition coefficient (Wildman–Crippen LogP) is 6.77. The van der Waals surface area contributed by atoms with Crippen molar-refractivity contribution >= 4 is 34.9 Å². The summed E-state index contributed by atoms with van der Waals surface area (Å²) in [6.07, 6.45) is 5.29. The van der Waals surface area contributed by atoms with Gasteiger partial charge in [-0.05, 0) is 68.4 Å². The van der Waals surface area contributed by atoms with E-state index in [4.69, 9.17) is 32.5 Å². The van der Waals surface area contributed by atoms with Crippen LogP contribution in [-0.4, -0.2) is 31.3 Å². The van der Waals surface area contributed by atoms with Crippen molar-refractivity contribution < 1.29 is 14.1 Å². The summed E-state index contributed by atoms with van der Waals surface area (Å²) in [4.78, 5) is 14.2. The van der Waals surface area contributed by atoms with Crippen LogP contribution in [0.25, 0.3) is 11.3 Å². The lowest BCUT2D eigenvalue weighted by molar-refractivity contribution is 0.0600. The van der Waals surface area contributed by atoms with E-state index in [1.165, 1.54) is 12.7 Å². The van der Waals surface area contributed by atoms with Gasteiger partial charge in [0.15, 0.2) is 0 Å². The SMILES string of the molecule is COC(=O)c1cccc(N2CCC(Cc3c(-c4c(Cl)cccc4Cl)noc3C3CC3)CC2)c1. The molecular formula is C26H26Cl2N2O3. The normalized spacial score (nSPS) is 16.8. The van der Waals surface area contributed by atoms with Gasteiger partial charge in [-0.2, -0.15) is 0 Å². The Balaban J connectivity index is 1.33. The van der Waals surface area contributed by atoms with Gasteiger partial charge in [0.25, 0.3) is 0 Å². The first kappa shape index (κ1) is 22.3. The Morgan fingerprint density at radius 1 is 1.09 bits per heavy atom. The fourth-order valence-electron chi connectivity index (χ4n) is 4.74. The first-order valence-electron chi connectivity index (χ1n) is 11.4. The number of carbonyl (C=O) groups excluding carboxylic acids is 1. The van der Waals surface area contributed by atoms with Crippen molar-refractivity contribution in [1.82, 2.24) is 5.16 Å². The van der Waals surface area contributed by atoms with E-state index in [-0.39, 0.29) is 5.97 Å². The molecule has 0 N–H and O–H groups in total. The zero-order chi connectivity index (χ0) is 22.9. The highest BCUT2D eigenvalue weighted by Gasteiger charge is 2.34. The first-order valence-corrected chi connectivity index (χ1v) is 12.2. The van der Waals surface area contributed by atoms with Gasteiger partial charge in [-0.15, -0.1) is 0 Å². The van der Waals surface area contributed by atoms with Crippen LogP contribution in [0.15, 0.2) is 47.0 Å². The van der Waals surface area contributed by atoms with Crippen LogP contribution in [0, 0.1) is 5.92 Å². The molecule has 3 aromatic rings. The summed E-state index contributed by atoms with van der Waals surface area (Å²) in [5.41, 5.74) is 4.36. The third-order valence-corrected chi connectivity index (χ3v) is 7.34. The average Bonchev–Trinajstić information content (AvgIpc) is 3.60. The van der Waals surface area contributed by atoms with Crippen molar-refractivity contribution in [1.29, 1.82) is 0 Å². The molecule has 2 heterocycles. The molecule has 5 rings (SSSR count). The topological polar surface area (TPSA) is 55.6 Å². The maximum Gasteiger partial charge on any atom is 0.337 e. The number of aromatic nitrogens is 1. The van der Waals surface area contributed by atoms with Crippen molar-refractivity contribution in [3.05, 3.63) is 69.4 Å². The minimum atomic E-state index is -0.308. The molecule has 0 bridgehead atoms. The minimum absolute atomic E-state index is 0.308. The molecule has 7 heteroatoms. The van der Waals surface area contributed by atoms with Crippen LogP contribution in [0.1, 0.15) is 53.3 Å². The molecule has 33 heavy (non-hydrogen) atoms. The molecule has 0 atom stereocenters. The van der Waals surface area contributed by atoms with E-state index in [1.54, 1.807) is 6.07 Å². The van der Waals surface area contributed by atoms with Gasteiger partial charge < -0.3 is 14.2 Å². The summed E-state index contributed by atoms with van der Waals surface area (Å²) in [5, 5.41) is 5.63. The van der Waals surface area contributed by atoms with Crippen LogP contribution < -0.4 is 4.90 Å². The molecule has 2 fully saturated rings. The van der Waals surface area contributed by atoms with Crippen LogP contribution in [0.5, 0.6) is 0 Å². The minimum Gasteiger partial charge on any atom is -0.465 e. The maximum absolute atomic E-state index is 11.9. The summed E-state index contributed by atoms with van der Waals surface area (Å²) in [5.74, 6) is 1.68. The lowest BCUT2D eigenvalue weighted by atomic mass is 9.87. The van der Waals surface area contributed by atoms with E-state index in [1.807, 2.05) is 30.3 Å². The second kappa shape index (κ2) is 9.40. The number of halogens is 2. The van der Waals surface area contributed by atoms with Crippen molar-refractivity contribution in [3.63, 3.8) is 0 Å². The van der Waals surface area contributed by atoms with Gasteiger partial charge in [0.2, 0.25) is 0 Å². The Morgan fingerprint density at radius 3 is 2.45 bits per heavy atom. The summed E-state index contributed by atoms with van der Waals surface area (Å²) in [6, 6.07) is 13.2. The molecule has 5 nitrogen and oxygen atoms in total. The smallest absolute Gasteiger partial charge is 0.337 e. The Bertz CT molecular complexity index is 1140. The number of esters is 1. The molecule has 1 saturated carbocycles. The molecule has 0 spiro atoms. The molecule has 0 radical (unpaired) electrons. The summed E-state index contributed by atoms with van der Waals surface area (Å²) < 4.78 is 10.7. The third-order valence-electron chi connectivity index (χ3n) is 6.71. The molecule has 1 aromatic heterocycles. The van der Waals surface area contributed by atoms with E-state index in [0.29, 0.717) is 27.4 Å². The number of methoxy groups -OCH3 is 1. The number of nitrogens with zero attached hydrogens (tertiary/aromatic N) is 2. The van der Waals surface area contributed by atoms with Gasteiger partial charge in [0, 0.05) is 35.8 Å². The maximum atomic E-state index is 11.9. The summed E-state index contributed by atoms with van der Waals surface area (Å²) >= 11 is 13.0. The fraction of sp³-hybridized carbons (Fsp3) is 0.385. The van der Waals surface area contributed by atoms with Crippen molar-refractivity contribution in [2.24, 2.45) is 5.92 Å². The van der Waals surface area contributed by atoms with Gasteiger partial charge in [-0.25, -0.2) is 4.79 Å². The monoisotopic (exact) mass is 484 g/mol. The van der Waals surface area contributed by atoms with Gasteiger partial charge >= 0.3 is 5.97 Å². The second-order valence-electron chi connectivity index (χ2n) is 8.92. The van der Waals surface area contributed by atoms with E-state index in [2.05, 4.69) is 16.1 Å². The van der Waals surface area contributed by atoms with E-state index in [0.717, 1.165) is 67.9 Å². The Hall–Kier alpha value is -2.50. The highest BCUT2D eigenvalue weighted by molar-refractivity contribution is 6.39. The fourth-order valence-corrected chi connectivity index (χ4v) is 5.31. The van der Waals surface area contributed by atoms with Crippen LogP contribution in [-0.2, 0) is 11.2 Å². The van der Waals surface area contributed by atoms with Crippen molar-refractivity contribution in [2.45, 2.75) is 38.0 Å².